The number of nitrogens with zero attached hydrogens (tertiary/aromatic N) is 2. The summed E-state index contributed by atoms with van der Waals surface area (Å²) in [5.41, 5.74) is 1.96. The van der Waals surface area contributed by atoms with E-state index in [9.17, 15) is 4.39 Å². The second kappa shape index (κ2) is 5.22. The Hall–Kier alpha value is -0.930. The van der Waals surface area contributed by atoms with Crippen molar-refractivity contribution in [3.8, 4) is 0 Å². The van der Waals surface area contributed by atoms with E-state index in [-0.39, 0.29) is 5.82 Å². The van der Waals surface area contributed by atoms with E-state index in [1.165, 1.54) is 25.9 Å². The molecular weight excluding hydrogens is 239 g/mol. The van der Waals surface area contributed by atoms with Crippen molar-refractivity contribution in [2.24, 2.45) is 5.92 Å². The SMILES string of the molecule is Cc1c(F)cccc1CN1C[C@@H]2CC[C@H]1CN(C)C2. The van der Waals surface area contributed by atoms with Crippen molar-refractivity contribution in [2.75, 3.05) is 26.7 Å². The van der Waals surface area contributed by atoms with Gasteiger partial charge in [0.2, 0.25) is 0 Å². The van der Waals surface area contributed by atoms with Crippen LogP contribution in [0, 0.1) is 18.7 Å². The van der Waals surface area contributed by atoms with Gasteiger partial charge in [-0.25, -0.2) is 4.39 Å². The molecule has 0 amide bonds. The predicted molar refractivity (Wildman–Crippen MR) is 75.6 cm³/mol. The van der Waals surface area contributed by atoms with Crippen LogP contribution in [0.4, 0.5) is 4.39 Å². The summed E-state index contributed by atoms with van der Waals surface area (Å²) in [6.45, 7) is 6.34. The van der Waals surface area contributed by atoms with Gasteiger partial charge in [0.25, 0.3) is 0 Å². The molecule has 4 rings (SSSR count). The van der Waals surface area contributed by atoms with Crippen molar-refractivity contribution in [3.05, 3.63) is 35.1 Å². The summed E-state index contributed by atoms with van der Waals surface area (Å²) in [5, 5.41) is 0. The lowest BCUT2D eigenvalue weighted by Crippen LogP contribution is -2.43. The third-order valence-electron chi connectivity index (χ3n) is 4.76. The van der Waals surface area contributed by atoms with E-state index in [1.54, 1.807) is 6.07 Å². The average molecular weight is 262 g/mol. The second-order valence-corrected chi connectivity index (χ2v) is 6.27. The first-order valence-electron chi connectivity index (χ1n) is 7.30. The molecule has 3 heteroatoms. The van der Waals surface area contributed by atoms with E-state index >= 15 is 0 Å². The highest BCUT2D eigenvalue weighted by molar-refractivity contribution is 5.27. The number of benzene rings is 1. The summed E-state index contributed by atoms with van der Waals surface area (Å²) in [5.74, 6) is 0.715. The van der Waals surface area contributed by atoms with Crippen LogP contribution in [0.3, 0.4) is 0 Å². The van der Waals surface area contributed by atoms with Crippen LogP contribution >= 0.6 is 0 Å². The summed E-state index contributed by atoms with van der Waals surface area (Å²) in [7, 11) is 2.22. The maximum atomic E-state index is 13.6. The zero-order valence-electron chi connectivity index (χ0n) is 11.9. The number of halogens is 1. The van der Waals surface area contributed by atoms with Crippen molar-refractivity contribution in [1.29, 1.82) is 0 Å². The van der Waals surface area contributed by atoms with Gasteiger partial charge in [0.1, 0.15) is 5.82 Å². The van der Waals surface area contributed by atoms with Crippen LogP contribution in [-0.2, 0) is 6.54 Å². The fourth-order valence-electron chi connectivity index (χ4n) is 3.65. The molecule has 0 N–H and O–H groups in total. The fraction of sp³-hybridized carbons (Fsp3) is 0.625. The van der Waals surface area contributed by atoms with Crippen LogP contribution in [-0.4, -0.2) is 42.5 Å². The molecule has 3 aliphatic heterocycles. The van der Waals surface area contributed by atoms with Crippen molar-refractivity contribution in [1.82, 2.24) is 9.80 Å². The first kappa shape index (κ1) is 13.1. The molecule has 3 heterocycles. The van der Waals surface area contributed by atoms with Crippen LogP contribution < -0.4 is 0 Å². The third kappa shape index (κ3) is 2.67. The second-order valence-electron chi connectivity index (χ2n) is 6.27. The zero-order chi connectivity index (χ0) is 13.4. The largest absolute Gasteiger partial charge is 0.304 e. The Kier molecular flexibility index (Phi) is 3.59. The molecule has 0 spiro atoms. The highest BCUT2D eigenvalue weighted by atomic mass is 19.1. The smallest absolute Gasteiger partial charge is 0.126 e. The molecule has 1 aromatic carbocycles. The van der Waals surface area contributed by atoms with Gasteiger partial charge in [-0.05, 0) is 49.9 Å². The molecule has 2 atom stereocenters. The molecule has 0 aromatic heterocycles. The van der Waals surface area contributed by atoms with Gasteiger partial charge in [-0.1, -0.05) is 12.1 Å². The first-order chi connectivity index (χ1) is 9.13. The number of piperidine rings is 1. The van der Waals surface area contributed by atoms with Gasteiger partial charge < -0.3 is 4.90 Å². The van der Waals surface area contributed by atoms with E-state index in [0.29, 0.717) is 6.04 Å². The highest BCUT2D eigenvalue weighted by Crippen LogP contribution is 2.29. The topological polar surface area (TPSA) is 6.48 Å². The molecule has 104 valence electrons. The van der Waals surface area contributed by atoms with Crippen molar-refractivity contribution >= 4 is 0 Å². The van der Waals surface area contributed by atoms with Gasteiger partial charge >= 0.3 is 0 Å². The number of likely N-dealkylation sites (N-methyl/N-ethyl adjacent to an activating group) is 1. The molecule has 0 unspecified atom stereocenters. The lowest BCUT2D eigenvalue weighted by atomic mass is 9.94. The molecule has 3 aliphatic rings. The Balaban J connectivity index is 1.78. The van der Waals surface area contributed by atoms with Crippen LogP contribution in [0.2, 0.25) is 0 Å². The van der Waals surface area contributed by atoms with Crippen LogP contribution in [0.15, 0.2) is 18.2 Å². The van der Waals surface area contributed by atoms with Gasteiger partial charge in [0.15, 0.2) is 0 Å². The Bertz CT molecular complexity index is 460. The molecule has 1 aromatic rings. The van der Waals surface area contributed by atoms with E-state index in [1.807, 2.05) is 13.0 Å². The monoisotopic (exact) mass is 262 g/mol. The van der Waals surface area contributed by atoms with Gasteiger partial charge in [-0.2, -0.15) is 0 Å². The average Bonchev–Trinajstić information content (AvgIpc) is 2.64. The van der Waals surface area contributed by atoms with Crippen LogP contribution in [0.25, 0.3) is 0 Å². The van der Waals surface area contributed by atoms with Crippen LogP contribution in [0.5, 0.6) is 0 Å². The van der Waals surface area contributed by atoms with Gasteiger partial charge in [-0.15, -0.1) is 0 Å². The molecule has 3 fully saturated rings. The van der Waals surface area contributed by atoms with Crippen molar-refractivity contribution in [3.63, 3.8) is 0 Å². The van der Waals surface area contributed by atoms with E-state index in [2.05, 4.69) is 22.9 Å². The first-order valence-corrected chi connectivity index (χ1v) is 7.30. The molecule has 3 saturated heterocycles. The molecule has 2 bridgehead atoms. The summed E-state index contributed by atoms with van der Waals surface area (Å²) in [4.78, 5) is 5.03. The lowest BCUT2D eigenvalue weighted by Gasteiger charge is -2.36. The molecule has 19 heavy (non-hydrogen) atoms. The van der Waals surface area contributed by atoms with E-state index in [4.69, 9.17) is 0 Å². The van der Waals surface area contributed by atoms with Gasteiger partial charge in [0.05, 0.1) is 0 Å². The minimum absolute atomic E-state index is 0.0744. The van der Waals surface area contributed by atoms with Gasteiger partial charge in [0, 0.05) is 32.2 Å². The number of fused-ring (bicyclic) bond motifs is 4. The number of hydrogen-bond acceptors (Lipinski definition) is 2. The molecule has 2 nitrogen and oxygen atoms in total. The predicted octanol–water partition coefficient (Wildman–Crippen LogP) is 2.66. The maximum absolute atomic E-state index is 13.6. The summed E-state index contributed by atoms with van der Waals surface area (Å²) in [6.07, 6.45) is 2.65. The maximum Gasteiger partial charge on any atom is 0.126 e. The number of rotatable bonds is 2. The standard InChI is InChI=1S/C16H23FN2/c1-12-14(4-3-5-16(12)17)10-19-9-13-6-7-15(19)11-18(2)8-13/h3-5,13,15H,6-11H2,1-2H3/t13-,15+/m1/s1. The third-order valence-corrected chi connectivity index (χ3v) is 4.76. The molecule has 0 aliphatic carbocycles. The van der Waals surface area contributed by atoms with Crippen molar-refractivity contribution < 1.29 is 4.39 Å². The molecule has 0 radical (unpaired) electrons. The highest BCUT2D eigenvalue weighted by Gasteiger charge is 2.33. The fourth-order valence-corrected chi connectivity index (χ4v) is 3.65. The summed E-state index contributed by atoms with van der Waals surface area (Å²) >= 11 is 0. The Morgan fingerprint density at radius 1 is 1.21 bits per heavy atom. The Morgan fingerprint density at radius 2 is 2.05 bits per heavy atom. The van der Waals surface area contributed by atoms with Crippen molar-refractivity contribution in [2.45, 2.75) is 32.4 Å². The van der Waals surface area contributed by atoms with Gasteiger partial charge in [-0.3, -0.25) is 4.90 Å². The van der Waals surface area contributed by atoms with E-state index in [0.717, 1.165) is 30.1 Å². The lowest BCUT2D eigenvalue weighted by molar-refractivity contribution is 0.124. The molecular formula is C16H23FN2. The number of hydrogen-bond donors (Lipinski definition) is 0. The Labute approximate surface area is 115 Å². The minimum atomic E-state index is -0.0744. The zero-order valence-corrected chi connectivity index (χ0v) is 11.9. The minimum Gasteiger partial charge on any atom is -0.304 e. The quantitative estimate of drug-likeness (QED) is 0.808. The Morgan fingerprint density at radius 3 is 2.89 bits per heavy atom. The normalized spacial score (nSPS) is 28.6. The summed E-state index contributed by atoms with van der Waals surface area (Å²) < 4.78 is 13.6. The summed E-state index contributed by atoms with van der Waals surface area (Å²) in [6, 6.07) is 6.10. The van der Waals surface area contributed by atoms with E-state index < -0.39 is 0 Å². The molecule has 0 saturated carbocycles. The van der Waals surface area contributed by atoms with Crippen LogP contribution in [0.1, 0.15) is 24.0 Å².